The van der Waals surface area contributed by atoms with Gasteiger partial charge >= 0.3 is 0 Å². The molecule has 0 atom stereocenters. The summed E-state index contributed by atoms with van der Waals surface area (Å²) in [5, 5.41) is 0. The van der Waals surface area contributed by atoms with Crippen molar-refractivity contribution in [3.8, 4) is 11.5 Å². The molecule has 0 aliphatic carbocycles. The van der Waals surface area contributed by atoms with Gasteiger partial charge in [0.05, 0.1) is 35.7 Å². The molecule has 1 aromatic rings. The van der Waals surface area contributed by atoms with Gasteiger partial charge in [0.2, 0.25) is 0 Å². The van der Waals surface area contributed by atoms with Gasteiger partial charge in [0.1, 0.15) is 15.8 Å². The van der Waals surface area contributed by atoms with Gasteiger partial charge in [0.25, 0.3) is 5.91 Å². The molecule has 0 radical (unpaired) electrons. The standard InChI is InChI=1S/C17H20BrNO4S2/c1-4-22-13-10-14(23-5-2)12(18)8-11(13)9-15-16(20)19(6-7-21-3)17(24)25-15/h8-10H,4-7H2,1-3H3. The fraction of sp³-hybridized carbons (Fsp3) is 0.412. The second-order valence-electron chi connectivity index (χ2n) is 5.01. The second kappa shape index (κ2) is 9.56. The van der Waals surface area contributed by atoms with Crippen molar-refractivity contribution < 1.29 is 19.0 Å². The van der Waals surface area contributed by atoms with Gasteiger partial charge in [0, 0.05) is 18.7 Å². The predicted molar refractivity (Wildman–Crippen MR) is 108 cm³/mol. The molecule has 0 N–H and O–H groups in total. The van der Waals surface area contributed by atoms with E-state index in [1.54, 1.807) is 18.1 Å². The van der Waals surface area contributed by atoms with Crippen LogP contribution in [0.25, 0.3) is 6.08 Å². The Morgan fingerprint density at radius 1 is 1.24 bits per heavy atom. The molecule has 8 heteroatoms. The van der Waals surface area contributed by atoms with Crippen LogP contribution in [0.15, 0.2) is 21.5 Å². The molecule has 0 bridgehead atoms. The van der Waals surface area contributed by atoms with Crippen LogP contribution in [0.5, 0.6) is 11.5 Å². The number of methoxy groups -OCH3 is 1. The molecule has 2 rings (SSSR count). The normalized spacial score (nSPS) is 16.0. The summed E-state index contributed by atoms with van der Waals surface area (Å²) >= 11 is 10.1. The van der Waals surface area contributed by atoms with Crippen LogP contribution >= 0.6 is 39.9 Å². The number of carbonyl (C=O) groups excluding carboxylic acids is 1. The molecule has 0 saturated carbocycles. The molecule has 1 saturated heterocycles. The number of benzene rings is 1. The monoisotopic (exact) mass is 445 g/mol. The van der Waals surface area contributed by atoms with Crippen molar-refractivity contribution >= 4 is 56.2 Å². The SMILES string of the molecule is CCOc1cc(OCC)c(C=C2SC(=S)N(CCOC)C2=O)cc1Br. The van der Waals surface area contributed by atoms with E-state index in [9.17, 15) is 4.79 Å². The lowest BCUT2D eigenvalue weighted by Crippen LogP contribution is -2.31. The highest BCUT2D eigenvalue weighted by Gasteiger charge is 2.31. The van der Waals surface area contributed by atoms with E-state index in [0.717, 1.165) is 10.0 Å². The highest BCUT2D eigenvalue weighted by atomic mass is 79.9. The van der Waals surface area contributed by atoms with Gasteiger partial charge in [-0.15, -0.1) is 0 Å². The Labute approximate surface area is 165 Å². The number of hydrogen-bond donors (Lipinski definition) is 0. The highest BCUT2D eigenvalue weighted by Crippen LogP contribution is 2.38. The molecule has 136 valence electrons. The first-order valence-corrected chi connectivity index (χ1v) is 9.87. The van der Waals surface area contributed by atoms with Gasteiger partial charge in [-0.05, 0) is 41.9 Å². The van der Waals surface area contributed by atoms with Gasteiger partial charge in [-0.3, -0.25) is 9.69 Å². The molecule has 1 aromatic carbocycles. The summed E-state index contributed by atoms with van der Waals surface area (Å²) in [5.74, 6) is 1.26. The maximum atomic E-state index is 12.6. The van der Waals surface area contributed by atoms with Crippen LogP contribution < -0.4 is 9.47 Å². The molecule has 1 amide bonds. The summed E-state index contributed by atoms with van der Waals surface area (Å²) < 4.78 is 17.7. The Kier molecular flexibility index (Phi) is 7.74. The van der Waals surface area contributed by atoms with Crippen LogP contribution in [0.3, 0.4) is 0 Å². The van der Waals surface area contributed by atoms with Crippen molar-refractivity contribution in [3.63, 3.8) is 0 Å². The first-order valence-electron chi connectivity index (χ1n) is 7.85. The van der Waals surface area contributed by atoms with E-state index in [2.05, 4.69) is 15.9 Å². The summed E-state index contributed by atoms with van der Waals surface area (Å²) in [7, 11) is 1.60. The molecule has 25 heavy (non-hydrogen) atoms. The molecule has 0 aromatic heterocycles. The van der Waals surface area contributed by atoms with Crippen molar-refractivity contribution in [3.05, 3.63) is 27.1 Å². The summed E-state index contributed by atoms with van der Waals surface area (Å²) in [6.45, 7) is 5.80. The van der Waals surface area contributed by atoms with Crippen molar-refractivity contribution in [2.75, 3.05) is 33.5 Å². The largest absolute Gasteiger partial charge is 0.493 e. The van der Waals surface area contributed by atoms with E-state index < -0.39 is 0 Å². The molecule has 1 aliphatic rings. The van der Waals surface area contributed by atoms with Gasteiger partial charge in [0.15, 0.2) is 0 Å². The first-order chi connectivity index (χ1) is 12.0. The number of halogens is 1. The Morgan fingerprint density at radius 2 is 1.92 bits per heavy atom. The average Bonchev–Trinajstić information content (AvgIpc) is 2.84. The Bertz CT molecular complexity index is 693. The van der Waals surface area contributed by atoms with Gasteiger partial charge in [-0.2, -0.15) is 0 Å². The lowest BCUT2D eigenvalue weighted by atomic mass is 10.1. The zero-order valence-corrected chi connectivity index (χ0v) is 17.6. The maximum absolute atomic E-state index is 12.6. The van der Waals surface area contributed by atoms with E-state index in [1.165, 1.54) is 11.8 Å². The fourth-order valence-corrected chi connectivity index (χ4v) is 4.00. The van der Waals surface area contributed by atoms with Crippen LogP contribution in [0.1, 0.15) is 19.4 Å². The van der Waals surface area contributed by atoms with Crippen LogP contribution in [0.4, 0.5) is 0 Å². The molecule has 1 fully saturated rings. The highest BCUT2D eigenvalue weighted by molar-refractivity contribution is 9.10. The lowest BCUT2D eigenvalue weighted by molar-refractivity contribution is -0.122. The summed E-state index contributed by atoms with van der Waals surface area (Å²) in [6.07, 6.45) is 1.80. The van der Waals surface area contributed by atoms with E-state index in [4.69, 9.17) is 26.4 Å². The molecule has 0 spiro atoms. The molecule has 1 aliphatic heterocycles. The van der Waals surface area contributed by atoms with E-state index in [0.29, 0.717) is 47.1 Å². The average molecular weight is 446 g/mol. The van der Waals surface area contributed by atoms with Gasteiger partial charge in [-0.1, -0.05) is 24.0 Å². The number of thiocarbonyl (C=S) groups is 1. The van der Waals surface area contributed by atoms with E-state index >= 15 is 0 Å². The summed E-state index contributed by atoms with van der Waals surface area (Å²) in [4.78, 5) is 14.7. The topological polar surface area (TPSA) is 48.0 Å². The maximum Gasteiger partial charge on any atom is 0.266 e. The van der Waals surface area contributed by atoms with Crippen molar-refractivity contribution in [1.29, 1.82) is 0 Å². The molecular weight excluding hydrogens is 426 g/mol. The van der Waals surface area contributed by atoms with Gasteiger partial charge in [-0.25, -0.2) is 0 Å². The Hall–Kier alpha value is -1.09. The third-order valence-electron chi connectivity index (χ3n) is 3.34. The lowest BCUT2D eigenvalue weighted by Gasteiger charge is -2.13. The first kappa shape index (κ1) is 20.2. The van der Waals surface area contributed by atoms with Crippen molar-refractivity contribution in [2.24, 2.45) is 0 Å². The second-order valence-corrected chi connectivity index (χ2v) is 7.54. The van der Waals surface area contributed by atoms with E-state index in [-0.39, 0.29) is 5.91 Å². The third-order valence-corrected chi connectivity index (χ3v) is 5.34. The fourth-order valence-electron chi connectivity index (χ4n) is 2.23. The predicted octanol–water partition coefficient (Wildman–Crippen LogP) is 4.09. The quantitative estimate of drug-likeness (QED) is 0.443. The number of ether oxygens (including phenoxy) is 3. The van der Waals surface area contributed by atoms with Crippen molar-refractivity contribution in [1.82, 2.24) is 4.90 Å². The number of thioether (sulfide) groups is 1. The molecule has 1 heterocycles. The minimum Gasteiger partial charge on any atom is -0.493 e. The number of amides is 1. The smallest absolute Gasteiger partial charge is 0.266 e. The number of carbonyl (C=O) groups is 1. The molecule has 5 nitrogen and oxygen atoms in total. The third kappa shape index (κ3) is 4.97. The van der Waals surface area contributed by atoms with Crippen LogP contribution in [-0.2, 0) is 9.53 Å². The summed E-state index contributed by atoms with van der Waals surface area (Å²) in [6, 6.07) is 3.71. The summed E-state index contributed by atoms with van der Waals surface area (Å²) in [5.41, 5.74) is 0.796. The minimum atomic E-state index is -0.112. The zero-order valence-electron chi connectivity index (χ0n) is 14.3. The zero-order chi connectivity index (χ0) is 18.4. The Balaban J connectivity index is 2.34. The number of nitrogens with zero attached hydrogens (tertiary/aromatic N) is 1. The van der Waals surface area contributed by atoms with Crippen LogP contribution in [0, 0.1) is 0 Å². The molecule has 0 unspecified atom stereocenters. The van der Waals surface area contributed by atoms with Crippen LogP contribution in [0.2, 0.25) is 0 Å². The van der Waals surface area contributed by atoms with Gasteiger partial charge < -0.3 is 14.2 Å². The number of hydrogen-bond acceptors (Lipinski definition) is 6. The van der Waals surface area contributed by atoms with Crippen molar-refractivity contribution in [2.45, 2.75) is 13.8 Å². The van der Waals surface area contributed by atoms with Crippen LogP contribution in [-0.4, -0.2) is 48.6 Å². The van der Waals surface area contributed by atoms with E-state index in [1.807, 2.05) is 26.0 Å². The Morgan fingerprint density at radius 3 is 2.56 bits per heavy atom. The minimum absolute atomic E-state index is 0.112. The molecular formula is C17H20BrNO4S2. The number of rotatable bonds is 8.